The van der Waals surface area contributed by atoms with Gasteiger partial charge in [-0.15, -0.1) is 0 Å². The van der Waals surface area contributed by atoms with Crippen LogP contribution in [-0.2, 0) is 0 Å². The third kappa shape index (κ3) is 3.45. The van der Waals surface area contributed by atoms with Gasteiger partial charge in [0.05, 0.1) is 6.54 Å². The molecule has 0 fully saturated rings. The van der Waals surface area contributed by atoms with Gasteiger partial charge in [-0.25, -0.2) is 0 Å². The Morgan fingerprint density at radius 2 is 2.07 bits per heavy atom. The fourth-order valence-electron chi connectivity index (χ4n) is 1.12. The molecule has 0 saturated heterocycles. The summed E-state index contributed by atoms with van der Waals surface area (Å²) in [5.74, 6) is 5.59. The van der Waals surface area contributed by atoms with E-state index in [0.29, 0.717) is 18.7 Å². The second-order valence-electron chi connectivity index (χ2n) is 2.94. The molecule has 0 aliphatic rings. The molecule has 1 aromatic carbocycles. The third-order valence-corrected chi connectivity index (χ3v) is 1.82. The molecule has 0 aliphatic heterocycles. The van der Waals surface area contributed by atoms with Crippen LogP contribution in [0.4, 0.5) is 0 Å². The largest absolute Gasteiger partial charge is 0.352 e. The minimum Gasteiger partial charge on any atom is -0.352 e. The molecule has 1 rings (SSSR count). The van der Waals surface area contributed by atoms with Crippen molar-refractivity contribution in [2.45, 2.75) is 6.92 Å². The maximum Gasteiger partial charge on any atom is 0.251 e. The van der Waals surface area contributed by atoms with Crippen molar-refractivity contribution in [3.05, 3.63) is 35.4 Å². The molecule has 3 N–H and O–H groups in total. The lowest BCUT2D eigenvalue weighted by Gasteiger charge is -2.01. The lowest BCUT2D eigenvalue weighted by Crippen LogP contribution is -2.22. The van der Waals surface area contributed by atoms with E-state index in [0.717, 1.165) is 5.56 Å². The number of carbonyl (C=O) groups excluding carboxylic acids is 1. The van der Waals surface area contributed by atoms with E-state index in [4.69, 9.17) is 5.73 Å². The van der Waals surface area contributed by atoms with Crippen LogP contribution in [0, 0.1) is 11.8 Å². The first-order valence-corrected chi connectivity index (χ1v) is 4.85. The van der Waals surface area contributed by atoms with Crippen molar-refractivity contribution < 1.29 is 4.79 Å². The van der Waals surface area contributed by atoms with Crippen molar-refractivity contribution in [1.29, 1.82) is 0 Å². The number of hydrogen-bond acceptors (Lipinski definition) is 2. The van der Waals surface area contributed by atoms with Crippen LogP contribution in [-0.4, -0.2) is 19.0 Å². The lowest BCUT2D eigenvalue weighted by molar-refractivity contribution is 0.0956. The fraction of sp³-hybridized carbons (Fsp3) is 0.250. The average Bonchev–Trinajstić information content (AvgIpc) is 2.27. The monoisotopic (exact) mass is 202 g/mol. The highest BCUT2D eigenvalue weighted by molar-refractivity contribution is 5.94. The van der Waals surface area contributed by atoms with Gasteiger partial charge in [-0.2, -0.15) is 0 Å². The summed E-state index contributed by atoms with van der Waals surface area (Å²) in [4.78, 5) is 11.4. The Morgan fingerprint density at radius 3 is 2.60 bits per heavy atom. The van der Waals surface area contributed by atoms with Gasteiger partial charge in [-0.05, 0) is 31.2 Å². The fourth-order valence-corrected chi connectivity index (χ4v) is 1.12. The summed E-state index contributed by atoms with van der Waals surface area (Å²) in [5, 5.41) is 2.73. The highest BCUT2D eigenvalue weighted by atomic mass is 16.1. The van der Waals surface area contributed by atoms with Crippen LogP contribution < -0.4 is 11.1 Å². The van der Waals surface area contributed by atoms with Crippen LogP contribution >= 0.6 is 0 Å². The first-order chi connectivity index (χ1) is 7.27. The summed E-state index contributed by atoms with van der Waals surface area (Å²) in [6.45, 7) is 2.87. The number of nitrogens with two attached hydrogens (primary N) is 1. The zero-order chi connectivity index (χ0) is 11.1. The highest BCUT2D eigenvalue weighted by Gasteiger charge is 2.01. The second-order valence-corrected chi connectivity index (χ2v) is 2.94. The Morgan fingerprint density at radius 1 is 1.40 bits per heavy atom. The minimum atomic E-state index is -0.0594. The topological polar surface area (TPSA) is 55.1 Å². The maximum atomic E-state index is 11.4. The van der Waals surface area contributed by atoms with Crippen molar-refractivity contribution >= 4 is 5.91 Å². The number of rotatable bonds is 2. The first-order valence-electron chi connectivity index (χ1n) is 4.85. The Balaban J connectivity index is 2.76. The van der Waals surface area contributed by atoms with E-state index in [1.807, 2.05) is 19.1 Å². The molecule has 78 valence electrons. The average molecular weight is 202 g/mol. The van der Waals surface area contributed by atoms with E-state index in [2.05, 4.69) is 17.2 Å². The van der Waals surface area contributed by atoms with Gasteiger partial charge in [0.1, 0.15) is 0 Å². The molecule has 0 spiro atoms. The van der Waals surface area contributed by atoms with E-state index in [-0.39, 0.29) is 5.91 Å². The predicted molar refractivity (Wildman–Crippen MR) is 60.4 cm³/mol. The molecule has 3 heteroatoms. The zero-order valence-corrected chi connectivity index (χ0v) is 8.71. The Kier molecular flexibility index (Phi) is 4.39. The molecule has 1 amide bonds. The molecule has 0 atom stereocenters. The van der Waals surface area contributed by atoms with Crippen molar-refractivity contribution in [2.75, 3.05) is 13.1 Å². The molecule has 15 heavy (non-hydrogen) atoms. The zero-order valence-electron chi connectivity index (χ0n) is 8.71. The number of nitrogens with one attached hydrogen (secondary N) is 1. The van der Waals surface area contributed by atoms with Crippen LogP contribution in [0.1, 0.15) is 22.8 Å². The second kappa shape index (κ2) is 5.84. The van der Waals surface area contributed by atoms with Crippen LogP contribution in [0.25, 0.3) is 0 Å². The first kappa shape index (κ1) is 11.3. The van der Waals surface area contributed by atoms with Gasteiger partial charge < -0.3 is 11.1 Å². The number of amides is 1. The molecule has 0 heterocycles. The Hall–Kier alpha value is -1.79. The van der Waals surface area contributed by atoms with Crippen molar-refractivity contribution in [1.82, 2.24) is 5.32 Å². The summed E-state index contributed by atoms with van der Waals surface area (Å²) in [5.41, 5.74) is 6.77. The maximum absolute atomic E-state index is 11.4. The summed E-state index contributed by atoms with van der Waals surface area (Å²) in [7, 11) is 0. The number of carbonyl (C=O) groups is 1. The molecule has 0 saturated carbocycles. The standard InChI is InChI=1S/C12H14N2O/c1-2-14-12(15)11-7-5-10(6-8-11)4-3-9-13/h5-8H,2,9,13H2,1H3,(H,14,15). The molecule has 3 nitrogen and oxygen atoms in total. The highest BCUT2D eigenvalue weighted by Crippen LogP contribution is 2.02. The SMILES string of the molecule is CCNC(=O)c1ccc(C#CCN)cc1. The molecule has 0 aromatic heterocycles. The van der Waals surface area contributed by atoms with Crippen LogP contribution in [0.5, 0.6) is 0 Å². The Bertz CT molecular complexity index is 384. The molecule has 0 unspecified atom stereocenters. The summed E-state index contributed by atoms with van der Waals surface area (Å²) >= 11 is 0. The normalized spacial score (nSPS) is 8.93. The van der Waals surface area contributed by atoms with Gasteiger partial charge in [0.15, 0.2) is 0 Å². The van der Waals surface area contributed by atoms with E-state index in [1.54, 1.807) is 12.1 Å². The van der Waals surface area contributed by atoms with E-state index >= 15 is 0 Å². The number of hydrogen-bond donors (Lipinski definition) is 2. The Labute approximate surface area is 89.7 Å². The smallest absolute Gasteiger partial charge is 0.251 e. The molecule has 1 aromatic rings. The van der Waals surface area contributed by atoms with Gasteiger partial charge in [0, 0.05) is 17.7 Å². The molecule has 0 radical (unpaired) electrons. The molecular weight excluding hydrogens is 188 g/mol. The predicted octanol–water partition coefficient (Wildman–Crippen LogP) is 0.747. The summed E-state index contributed by atoms with van der Waals surface area (Å²) in [6, 6.07) is 7.14. The van der Waals surface area contributed by atoms with E-state index in [9.17, 15) is 4.79 Å². The quantitative estimate of drug-likeness (QED) is 0.695. The van der Waals surface area contributed by atoms with Crippen molar-refractivity contribution in [3.63, 3.8) is 0 Å². The van der Waals surface area contributed by atoms with Gasteiger partial charge in [0.2, 0.25) is 0 Å². The molecule has 0 aliphatic carbocycles. The molecular formula is C12H14N2O. The van der Waals surface area contributed by atoms with E-state index < -0.39 is 0 Å². The summed E-state index contributed by atoms with van der Waals surface area (Å²) < 4.78 is 0. The van der Waals surface area contributed by atoms with Crippen molar-refractivity contribution in [3.8, 4) is 11.8 Å². The summed E-state index contributed by atoms with van der Waals surface area (Å²) in [6.07, 6.45) is 0. The van der Waals surface area contributed by atoms with Crippen LogP contribution in [0.3, 0.4) is 0 Å². The minimum absolute atomic E-state index is 0.0594. The van der Waals surface area contributed by atoms with Gasteiger partial charge >= 0.3 is 0 Å². The van der Waals surface area contributed by atoms with E-state index in [1.165, 1.54) is 0 Å². The van der Waals surface area contributed by atoms with Gasteiger partial charge in [-0.1, -0.05) is 11.8 Å². The third-order valence-electron chi connectivity index (χ3n) is 1.82. The van der Waals surface area contributed by atoms with Crippen LogP contribution in [0.2, 0.25) is 0 Å². The van der Waals surface area contributed by atoms with Gasteiger partial charge in [-0.3, -0.25) is 4.79 Å². The van der Waals surface area contributed by atoms with Crippen molar-refractivity contribution in [2.24, 2.45) is 5.73 Å². The number of benzene rings is 1. The van der Waals surface area contributed by atoms with Crippen LogP contribution in [0.15, 0.2) is 24.3 Å². The molecule has 0 bridgehead atoms. The van der Waals surface area contributed by atoms with Gasteiger partial charge in [0.25, 0.3) is 5.91 Å². The lowest BCUT2D eigenvalue weighted by atomic mass is 10.1.